The van der Waals surface area contributed by atoms with Crippen LogP contribution in [0.2, 0.25) is 0 Å². The Labute approximate surface area is 176 Å². The maximum atomic E-state index is 12.9. The predicted molar refractivity (Wildman–Crippen MR) is 112 cm³/mol. The summed E-state index contributed by atoms with van der Waals surface area (Å²) in [6, 6.07) is 15.4. The molecule has 29 heavy (non-hydrogen) atoms. The van der Waals surface area contributed by atoms with Crippen molar-refractivity contribution >= 4 is 27.8 Å². The second-order valence-corrected chi connectivity index (χ2v) is 7.85. The number of ether oxygens (including phenoxy) is 2. The van der Waals surface area contributed by atoms with Gasteiger partial charge in [0.05, 0.1) is 11.1 Å². The Morgan fingerprint density at radius 1 is 1.10 bits per heavy atom. The molecule has 3 aromatic rings. The van der Waals surface area contributed by atoms with Gasteiger partial charge < -0.3 is 9.47 Å². The highest BCUT2D eigenvalue weighted by molar-refractivity contribution is 9.10. The quantitative estimate of drug-likeness (QED) is 0.538. The number of carbonyl (C=O) groups is 1. The largest absolute Gasteiger partial charge is 0.478 e. The summed E-state index contributed by atoms with van der Waals surface area (Å²) >= 11 is 3.52. The van der Waals surface area contributed by atoms with E-state index in [0.717, 1.165) is 33.5 Å². The third-order valence-electron chi connectivity index (χ3n) is 5.03. The molecule has 1 aromatic heterocycles. The zero-order chi connectivity index (χ0) is 19.8. The number of halogens is 1. The standard InChI is InChI=1S/C23H17BrN2O3/c24-19-4-2-1-3-16(19)11-21-22(27)17-5-6-20-18(23(17)29-21)13-26(14-28-20)12-15-7-9-25-10-8-15/h1-11H,12-14H2/b21-11-. The minimum Gasteiger partial charge on any atom is -0.478 e. The molecule has 0 fully saturated rings. The smallest absolute Gasteiger partial charge is 0.231 e. The maximum absolute atomic E-state index is 12.9. The molecule has 0 radical (unpaired) electrons. The molecule has 0 aliphatic carbocycles. The van der Waals surface area contributed by atoms with E-state index in [1.165, 1.54) is 0 Å². The zero-order valence-electron chi connectivity index (χ0n) is 15.5. The van der Waals surface area contributed by atoms with Gasteiger partial charge in [0.25, 0.3) is 0 Å². The Kier molecular flexibility index (Phi) is 4.66. The van der Waals surface area contributed by atoms with E-state index >= 15 is 0 Å². The van der Waals surface area contributed by atoms with Crippen LogP contribution in [0.3, 0.4) is 0 Å². The van der Waals surface area contributed by atoms with Crippen LogP contribution in [0.1, 0.15) is 27.0 Å². The summed E-state index contributed by atoms with van der Waals surface area (Å²) in [4.78, 5) is 19.1. The molecule has 144 valence electrons. The zero-order valence-corrected chi connectivity index (χ0v) is 17.1. The molecule has 2 aromatic carbocycles. The molecule has 0 amide bonds. The van der Waals surface area contributed by atoms with E-state index in [4.69, 9.17) is 9.47 Å². The molecule has 2 aliphatic heterocycles. The molecule has 0 spiro atoms. The van der Waals surface area contributed by atoms with E-state index in [1.54, 1.807) is 24.5 Å². The van der Waals surface area contributed by atoms with Crippen LogP contribution in [-0.2, 0) is 13.1 Å². The Bertz CT molecular complexity index is 1130. The second-order valence-electron chi connectivity index (χ2n) is 7.00. The highest BCUT2D eigenvalue weighted by Crippen LogP contribution is 2.42. The fourth-order valence-electron chi connectivity index (χ4n) is 3.59. The molecule has 0 saturated heterocycles. The Morgan fingerprint density at radius 2 is 1.93 bits per heavy atom. The topological polar surface area (TPSA) is 51.7 Å². The van der Waals surface area contributed by atoms with Gasteiger partial charge in [-0.3, -0.25) is 14.7 Å². The number of allylic oxidation sites excluding steroid dienone is 1. The molecule has 0 N–H and O–H groups in total. The van der Waals surface area contributed by atoms with Crippen LogP contribution in [0.25, 0.3) is 6.08 Å². The SMILES string of the molecule is O=C1/C(=C/c2ccccc2Br)Oc2c1ccc1c2CN(Cc2ccncc2)CO1. The van der Waals surface area contributed by atoms with Gasteiger partial charge in [0.15, 0.2) is 5.76 Å². The molecule has 5 rings (SSSR count). The number of ketones is 1. The molecule has 0 bridgehead atoms. The van der Waals surface area contributed by atoms with Crippen LogP contribution >= 0.6 is 15.9 Å². The van der Waals surface area contributed by atoms with Gasteiger partial charge in [-0.15, -0.1) is 0 Å². The van der Waals surface area contributed by atoms with Crippen LogP contribution in [0, 0.1) is 0 Å². The summed E-state index contributed by atoms with van der Waals surface area (Å²) in [5.41, 5.74) is 3.54. The fourth-order valence-corrected chi connectivity index (χ4v) is 3.98. The molecule has 2 aliphatic rings. The summed E-state index contributed by atoms with van der Waals surface area (Å²) in [6.45, 7) is 1.87. The number of benzene rings is 2. The van der Waals surface area contributed by atoms with E-state index < -0.39 is 0 Å². The van der Waals surface area contributed by atoms with E-state index in [-0.39, 0.29) is 5.78 Å². The highest BCUT2D eigenvalue weighted by Gasteiger charge is 2.33. The number of carbonyl (C=O) groups excluding carboxylic acids is 1. The number of Topliss-reactive ketones (excluding diaryl/α,β-unsaturated/α-hetero) is 1. The van der Waals surface area contributed by atoms with Gasteiger partial charge in [-0.05, 0) is 47.5 Å². The lowest BCUT2D eigenvalue weighted by Crippen LogP contribution is -2.31. The summed E-state index contributed by atoms with van der Waals surface area (Å²) in [6.07, 6.45) is 5.34. The van der Waals surface area contributed by atoms with Crippen molar-refractivity contribution in [3.8, 4) is 11.5 Å². The molecule has 6 heteroatoms. The number of nitrogens with zero attached hydrogens (tertiary/aromatic N) is 2. The van der Waals surface area contributed by atoms with Crippen LogP contribution in [0.5, 0.6) is 11.5 Å². The van der Waals surface area contributed by atoms with E-state index in [2.05, 4.69) is 25.8 Å². The first-order valence-corrected chi connectivity index (χ1v) is 10.1. The van der Waals surface area contributed by atoms with Crippen molar-refractivity contribution in [1.82, 2.24) is 9.88 Å². The van der Waals surface area contributed by atoms with Crippen molar-refractivity contribution in [2.75, 3.05) is 6.73 Å². The second kappa shape index (κ2) is 7.46. The molecule has 0 unspecified atom stereocenters. The van der Waals surface area contributed by atoms with Crippen LogP contribution in [0.15, 0.2) is 71.2 Å². The lowest BCUT2D eigenvalue weighted by atomic mass is 10.0. The number of pyridine rings is 1. The van der Waals surface area contributed by atoms with E-state index in [1.807, 2.05) is 42.5 Å². The highest BCUT2D eigenvalue weighted by atomic mass is 79.9. The summed E-state index contributed by atoms with van der Waals surface area (Å²) < 4.78 is 12.9. The van der Waals surface area contributed by atoms with Gasteiger partial charge in [0.1, 0.15) is 18.2 Å². The first-order valence-electron chi connectivity index (χ1n) is 9.28. The number of fused-ring (bicyclic) bond motifs is 3. The van der Waals surface area contributed by atoms with Gasteiger partial charge in [-0.25, -0.2) is 0 Å². The van der Waals surface area contributed by atoms with Crippen molar-refractivity contribution in [3.63, 3.8) is 0 Å². The predicted octanol–water partition coefficient (Wildman–Crippen LogP) is 4.81. The first-order chi connectivity index (χ1) is 14.2. The fraction of sp³-hybridized carbons (Fsp3) is 0.130. The van der Waals surface area contributed by atoms with Gasteiger partial charge >= 0.3 is 0 Å². The first kappa shape index (κ1) is 18.1. The van der Waals surface area contributed by atoms with E-state index in [0.29, 0.717) is 30.3 Å². The number of aromatic nitrogens is 1. The van der Waals surface area contributed by atoms with Gasteiger partial charge in [0, 0.05) is 30.0 Å². The number of hydrogen-bond acceptors (Lipinski definition) is 5. The molecular weight excluding hydrogens is 432 g/mol. The maximum Gasteiger partial charge on any atom is 0.231 e. The van der Waals surface area contributed by atoms with Gasteiger partial charge in [0.2, 0.25) is 5.78 Å². The van der Waals surface area contributed by atoms with Gasteiger partial charge in [-0.2, -0.15) is 0 Å². The van der Waals surface area contributed by atoms with E-state index in [9.17, 15) is 4.79 Å². The molecular formula is C23H17BrN2O3. The minimum absolute atomic E-state index is 0.107. The summed E-state index contributed by atoms with van der Waals surface area (Å²) in [5, 5.41) is 0. The van der Waals surface area contributed by atoms with Crippen molar-refractivity contribution in [2.24, 2.45) is 0 Å². The van der Waals surface area contributed by atoms with Crippen molar-refractivity contribution in [2.45, 2.75) is 13.1 Å². The van der Waals surface area contributed by atoms with Gasteiger partial charge in [-0.1, -0.05) is 34.1 Å². The lowest BCUT2D eigenvalue weighted by molar-refractivity contribution is 0.0872. The lowest BCUT2D eigenvalue weighted by Gasteiger charge is -2.29. The molecule has 0 atom stereocenters. The van der Waals surface area contributed by atoms with Crippen molar-refractivity contribution < 1.29 is 14.3 Å². The third kappa shape index (κ3) is 3.45. The average Bonchev–Trinajstić information content (AvgIpc) is 3.06. The summed E-state index contributed by atoms with van der Waals surface area (Å²) in [5.74, 6) is 1.59. The minimum atomic E-state index is -0.107. The van der Waals surface area contributed by atoms with Crippen LogP contribution < -0.4 is 9.47 Å². The van der Waals surface area contributed by atoms with Crippen LogP contribution in [-0.4, -0.2) is 22.4 Å². The van der Waals surface area contributed by atoms with Crippen molar-refractivity contribution in [3.05, 3.63) is 93.4 Å². The van der Waals surface area contributed by atoms with Crippen molar-refractivity contribution in [1.29, 1.82) is 0 Å². The Balaban J connectivity index is 1.45. The number of hydrogen-bond donors (Lipinski definition) is 0. The molecule has 5 nitrogen and oxygen atoms in total. The Hall–Kier alpha value is -2.96. The average molecular weight is 449 g/mol. The Morgan fingerprint density at radius 3 is 2.76 bits per heavy atom. The number of rotatable bonds is 3. The third-order valence-corrected chi connectivity index (χ3v) is 5.75. The monoisotopic (exact) mass is 448 g/mol. The summed E-state index contributed by atoms with van der Waals surface area (Å²) in [7, 11) is 0. The van der Waals surface area contributed by atoms with Crippen LogP contribution in [0.4, 0.5) is 0 Å². The molecule has 3 heterocycles. The molecule has 0 saturated carbocycles. The normalized spacial score (nSPS) is 16.9.